The maximum Gasteiger partial charge on any atom is 0.310 e. The van der Waals surface area contributed by atoms with Crippen molar-refractivity contribution in [3.05, 3.63) is 0 Å². The molecule has 15 heavy (non-hydrogen) atoms. The normalized spacial score (nSPS) is 24.9. The van der Waals surface area contributed by atoms with E-state index >= 15 is 0 Å². The summed E-state index contributed by atoms with van der Waals surface area (Å²) in [5.74, 6) is -0.568. The van der Waals surface area contributed by atoms with E-state index in [0.29, 0.717) is 12.8 Å². The number of hydrogen-bond donors (Lipinski definition) is 1. The molecule has 1 fully saturated rings. The van der Waals surface area contributed by atoms with Gasteiger partial charge in [-0.2, -0.15) is 0 Å². The van der Waals surface area contributed by atoms with Crippen LogP contribution in [0.4, 0.5) is 0 Å². The van der Waals surface area contributed by atoms with Gasteiger partial charge in [0.15, 0.2) is 0 Å². The fraction of sp³-hybridized carbons (Fsp3) is 0.800. The van der Waals surface area contributed by atoms with E-state index in [1.165, 1.54) is 14.2 Å². The molecule has 2 atom stereocenters. The van der Waals surface area contributed by atoms with Crippen molar-refractivity contribution in [1.82, 2.24) is 5.32 Å². The summed E-state index contributed by atoms with van der Waals surface area (Å²) in [6.45, 7) is 0.797. The second-order valence-corrected chi connectivity index (χ2v) is 3.59. The maximum atomic E-state index is 11.4. The second-order valence-electron chi connectivity index (χ2n) is 3.59. The lowest BCUT2D eigenvalue weighted by molar-refractivity contribution is -0.146. The monoisotopic (exact) mass is 215 g/mol. The molecule has 0 aliphatic carbocycles. The van der Waals surface area contributed by atoms with Crippen LogP contribution in [0, 0.1) is 5.92 Å². The number of ether oxygens (including phenoxy) is 2. The molecular formula is C10H17NO4. The van der Waals surface area contributed by atoms with E-state index in [2.05, 4.69) is 10.1 Å². The lowest BCUT2D eigenvalue weighted by atomic mass is 9.97. The lowest BCUT2D eigenvalue weighted by Gasteiger charge is -2.16. The molecule has 0 unspecified atom stereocenters. The van der Waals surface area contributed by atoms with Gasteiger partial charge in [0.1, 0.15) is 0 Å². The Morgan fingerprint density at radius 1 is 1.33 bits per heavy atom. The van der Waals surface area contributed by atoms with Crippen molar-refractivity contribution in [2.75, 3.05) is 20.8 Å². The summed E-state index contributed by atoms with van der Waals surface area (Å²) < 4.78 is 9.25. The third kappa shape index (κ3) is 3.20. The summed E-state index contributed by atoms with van der Waals surface area (Å²) in [7, 11) is 2.75. The maximum absolute atomic E-state index is 11.4. The van der Waals surface area contributed by atoms with E-state index in [-0.39, 0.29) is 23.9 Å². The number of carbonyl (C=O) groups excluding carboxylic acids is 2. The summed E-state index contributed by atoms with van der Waals surface area (Å²) >= 11 is 0. The van der Waals surface area contributed by atoms with Crippen LogP contribution in [0.25, 0.3) is 0 Å². The Labute approximate surface area is 89.1 Å². The van der Waals surface area contributed by atoms with Gasteiger partial charge in [-0.1, -0.05) is 0 Å². The highest BCUT2D eigenvalue weighted by atomic mass is 16.5. The van der Waals surface area contributed by atoms with Gasteiger partial charge < -0.3 is 14.8 Å². The summed E-state index contributed by atoms with van der Waals surface area (Å²) in [6, 6.07) is 0.0385. The van der Waals surface area contributed by atoms with Gasteiger partial charge in [-0.15, -0.1) is 0 Å². The lowest BCUT2D eigenvalue weighted by Crippen LogP contribution is -2.32. The molecule has 0 amide bonds. The summed E-state index contributed by atoms with van der Waals surface area (Å²) in [5, 5.41) is 3.19. The van der Waals surface area contributed by atoms with Crippen molar-refractivity contribution in [2.24, 2.45) is 5.92 Å². The first kappa shape index (κ1) is 12.0. The topological polar surface area (TPSA) is 64.6 Å². The van der Waals surface area contributed by atoms with Crippen LogP contribution in [0.5, 0.6) is 0 Å². The quantitative estimate of drug-likeness (QED) is 0.673. The predicted molar refractivity (Wildman–Crippen MR) is 53.2 cm³/mol. The van der Waals surface area contributed by atoms with Crippen LogP contribution in [0.1, 0.15) is 19.3 Å². The smallest absolute Gasteiger partial charge is 0.310 e. The van der Waals surface area contributed by atoms with E-state index in [4.69, 9.17) is 4.74 Å². The van der Waals surface area contributed by atoms with Gasteiger partial charge >= 0.3 is 11.9 Å². The molecule has 1 saturated heterocycles. The largest absolute Gasteiger partial charge is 0.469 e. The SMILES string of the molecule is COC(=O)CC[C@@H]1NCC[C@@H]1C(=O)OC. The van der Waals surface area contributed by atoms with E-state index in [0.717, 1.165) is 13.0 Å². The molecule has 1 aliphatic rings. The average Bonchev–Trinajstić information content (AvgIpc) is 2.72. The standard InChI is InChI=1S/C10H17NO4/c1-14-9(12)4-3-8-7(5-6-11-8)10(13)15-2/h7-8,11H,3-6H2,1-2H3/t7-,8-/m0/s1. The van der Waals surface area contributed by atoms with Crippen molar-refractivity contribution >= 4 is 11.9 Å². The second kappa shape index (κ2) is 5.70. The van der Waals surface area contributed by atoms with Crippen LogP contribution in [-0.2, 0) is 19.1 Å². The molecule has 0 spiro atoms. The zero-order chi connectivity index (χ0) is 11.3. The molecule has 5 heteroatoms. The van der Waals surface area contributed by atoms with E-state index in [9.17, 15) is 9.59 Å². The van der Waals surface area contributed by atoms with E-state index < -0.39 is 0 Å². The Bertz CT molecular complexity index is 242. The van der Waals surface area contributed by atoms with Gasteiger partial charge in [-0.3, -0.25) is 9.59 Å². The number of rotatable bonds is 4. The van der Waals surface area contributed by atoms with E-state index in [1.54, 1.807) is 0 Å². The molecule has 0 radical (unpaired) electrons. The third-order valence-electron chi connectivity index (χ3n) is 2.74. The Morgan fingerprint density at radius 2 is 2.07 bits per heavy atom. The van der Waals surface area contributed by atoms with Crippen LogP contribution < -0.4 is 5.32 Å². The molecule has 86 valence electrons. The first-order valence-electron chi connectivity index (χ1n) is 5.07. The fourth-order valence-electron chi connectivity index (χ4n) is 1.88. The van der Waals surface area contributed by atoms with Crippen molar-refractivity contribution in [3.8, 4) is 0 Å². The zero-order valence-corrected chi connectivity index (χ0v) is 9.12. The summed E-state index contributed by atoms with van der Waals surface area (Å²) in [4.78, 5) is 22.3. The minimum atomic E-state index is -0.243. The van der Waals surface area contributed by atoms with Crippen LogP contribution in [0.15, 0.2) is 0 Å². The number of carbonyl (C=O) groups is 2. The molecule has 0 saturated carbocycles. The molecule has 0 aromatic rings. The number of esters is 2. The number of hydrogen-bond acceptors (Lipinski definition) is 5. The van der Waals surface area contributed by atoms with Crippen molar-refractivity contribution in [2.45, 2.75) is 25.3 Å². The highest BCUT2D eigenvalue weighted by Crippen LogP contribution is 2.20. The number of nitrogens with one attached hydrogen (secondary N) is 1. The predicted octanol–water partition coefficient (Wildman–Crippen LogP) is 0.0907. The molecule has 1 N–H and O–H groups in total. The van der Waals surface area contributed by atoms with Crippen LogP contribution in [0.2, 0.25) is 0 Å². The average molecular weight is 215 g/mol. The molecule has 0 aromatic heterocycles. The van der Waals surface area contributed by atoms with Crippen LogP contribution >= 0.6 is 0 Å². The van der Waals surface area contributed by atoms with Gasteiger partial charge in [-0.05, 0) is 19.4 Å². The minimum Gasteiger partial charge on any atom is -0.469 e. The minimum absolute atomic E-state index is 0.0385. The Morgan fingerprint density at radius 3 is 2.67 bits per heavy atom. The Kier molecular flexibility index (Phi) is 4.55. The van der Waals surface area contributed by atoms with Gasteiger partial charge in [0.05, 0.1) is 20.1 Å². The summed E-state index contributed by atoms with van der Waals surface area (Å²) in [5.41, 5.74) is 0. The highest BCUT2D eigenvalue weighted by molar-refractivity contribution is 5.74. The highest BCUT2D eigenvalue weighted by Gasteiger charge is 2.33. The molecule has 1 heterocycles. The van der Waals surface area contributed by atoms with Crippen LogP contribution in [0.3, 0.4) is 0 Å². The first-order valence-corrected chi connectivity index (χ1v) is 5.07. The van der Waals surface area contributed by atoms with Crippen molar-refractivity contribution < 1.29 is 19.1 Å². The van der Waals surface area contributed by atoms with E-state index in [1.807, 2.05) is 0 Å². The third-order valence-corrected chi connectivity index (χ3v) is 2.74. The molecule has 0 bridgehead atoms. The number of methoxy groups -OCH3 is 2. The Hall–Kier alpha value is -1.10. The summed E-state index contributed by atoms with van der Waals surface area (Å²) in [6.07, 6.45) is 1.73. The van der Waals surface area contributed by atoms with Gasteiger partial charge in [0.2, 0.25) is 0 Å². The van der Waals surface area contributed by atoms with Gasteiger partial charge in [0.25, 0.3) is 0 Å². The molecular weight excluding hydrogens is 198 g/mol. The van der Waals surface area contributed by atoms with Crippen molar-refractivity contribution in [1.29, 1.82) is 0 Å². The van der Waals surface area contributed by atoms with Gasteiger partial charge in [0, 0.05) is 12.5 Å². The van der Waals surface area contributed by atoms with Crippen molar-refractivity contribution in [3.63, 3.8) is 0 Å². The molecule has 1 rings (SSSR count). The molecule has 5 nitrogen and oxygen atoms in total. The first-order chi connectivity index (χ1) is 7.19. The zero-order valence-electron chi connectivity index (χ0n) is 9.12. The fourth-order valence-corrected chi connectivity index (χ4v) is 1.88. The molecule has 0 aromatic carbocycles. The Balaban J connectivity index is 2.39. The van der Waals surface area contributed by atoms with Gasteiger partial charge in [-0.25, -0.2) is 0 Å². The molecule has 1 aliphatic heterocycles. The van der Waals surface area contributed by atoms with Crippen LogP contribution in [-0.4, -0.2) is 38.7 Å².